The third-order valence-electron chi connectivity index (χ3n) is 7.79. The van der Waals surface area contributed by atoms with Gasteiger partial charge in [0, 0.05) is 12.3 Å². The number of rotatable bonds is 2. The van der Waals surface area contributed by atoms with Crippen molar-refractivity contribution in [2.24, 2.45) is 29.1 Å². The maximum atomic E-state index is 12.4. The van der Waals surface area contributed by atoms with Crippen LogP contribution in [-0.4, -0.2) is 5.78 Å². The largest absolute Gasteiger partial charge is 0.299 e. The van der Waals surface area contributed by atoms with Gasteiger partial charge in [0.05, 0.1) is 0 Å². The Labute approximate surface area is 135 Å². The Balaban J connectivity index is 1.64. The molecule has 1 nitrogen and oxygen atoms in total. The molecule has 122 valence electrons. The van der Waals surface area contributed by atoms with Crippen LogP contribution in [0.15, 0.2) is 11.1 Å². The Morgan fingerprint density at radius 2 is 1.95 bits per heavy atom. The molecule has 22 heavy (non-hydrogen) atoms. The van der Waals surface area contributed by atoms with Gasteiger partial charge >= 0.3 is 0 Å². The summed E-state index contributed by atoms with van der Waals surface area (Å²) >= 11 is 0. The summed E-state index contributed by atoms with van der Waals surface area (Å²) in [6.45, 7) is 4.80. The van der Waals surface area contributed by atoms with Crippen LogP contribution in [0, 0.1) is 29.1 Å². The monoisotopic (exact) mass is 300 g/mol. The number of fused-ring (bicyclic) bond motifs is 4. The van der Waals surface area contributed by atoms with Gasteiger partial charge in [-0.1, -0.05) is 37.8 Å². The number of hydrogen-bond acceptors (Lipinski definition) is 1. The van der Waals surface area contributed by atoms with Crippen LogP contribution in [0.2, 0.25) is 0 Å². The van der Waals surface area contributed by atoms with E-state index in [9.17, 15) is 4.79 Å². The molecule has 0 bridgehead atoms. The summed E-state index contributed by atoms with van der Waals surface area (Å²) < 4.78 is 0. The number of Topliss-reactive ketones (excluding diaryl/α,β-unsaturated/α-hetero) is 1. The van der Waals surface area contributed by atoms with Gasteiger partial charge in [-0.05, 0) is 74.5 Å². The molecule has 4 aliphatic carbocycles. The van der Waals surface area contributed by atoms with Gasteiger partial charge in [0.25, 0.3) is 0 Å². The van der Waals surface area contributed by atoms with Crippen LogP contribution >= 0.6 is 0 Å². The van der Waals surface area contributed by atoms with E-state index in [-0.39, 0.29) is 0 Å². The molecule has 1 heteroatoms. The molecule has 0 spiro atoms. The summed E-state index contributed by atoms with van der Waals surface area (Å²) in [5, 5.41) is 0. The van der Waals surface area contributed by atoms with Crippen LogP contribution in [0.3, 0.4) is 0 Å². The number of ketones is 1. The molecule has 5 atom stereocenters. The molecule has 2 unspecified atom stereocenters. The zero-order valence-electron chi connectivity index (χ0n) is 14.5. The Morgan fingerprint density at radius 1 is 1.09 bits per heavy atom. The predicted molar refractivity (Wildman–Crippen MR) is 90.6 cm³/mol. The van der Waals surface area contributed by atoms with E-state index < -0.39 is 0 Å². The lowest BCUT2D eigenvalue weighted by atomic mass is 9.56. The van der Waals surface area contributed by atoms with Crippen LogP contribution in [0.25, 0.3) is 0 Å². The van der Waals surface area contributed by atoms with E-state index in [0.29, 0.717) is 23.0 Å². The highest BCUT2D eigenvalue weighted by Crippen LogP contribution is 2.60. The highest BCUT2D eigenvalue weighted by Gasteiger charge is 2.49. The molecule has 0 aromatic heterocycles. The lowest BCUT2D eigenvalue weighted by Gasteiger charge is -2.49. The Kier molecular flexibility index (Phi) is 3.74. The molecule has 0 radical (unpaired) electrons. The molecule has 3 saturated carbocycles. The van der Waals surface area contributed by atoms with Crippen LogP contribution in [0.4, 0.5) is 0 Å². The average molecular weight is 300 g/mol. The smallest absolute Gasteiger partial charge is 0.136 e. The van der Waals surface area contributed by atoms with Crippen LogP contribution < -0.4 is 0 Å². The van der Waals surface area contributed by atoms with Gasteiger partial charge < -0.3 is 0 Å². The highest BCUT2D eigenvalue weighted by molar-refractivity contribution is 5.83. The van der Waals surface area contributed by atoms with Gasteiger partial charge in [-0.15, -0.1) is 0 Å². The number of carbonyl (C=O) groups is 1. The van der Waals surface area contributed by atoms with Crippen molar-refractivity contribution in [3.05, 3.63) is 11.1 Å². The van der Waals surface area contributed by atoms with Gasteiger partial charge in [0.1, 0.15) is 5.78 Å². The van der Waals surface area contributed by atoms with Crippen molar-refractivity contribution >= 4 is 5.78 Å². The van der Waals surface area contributed by atoms with E-state index >= 15 is 0 Å². The summed E-state index contributed by atoms with van der Waals surface area (Å²) in [5.41, 5.74) is 4.28. The van der Waals surface area contributed by atoms with Crippen molar-refractivity contribution in [3.63, 3.8) is 0 Å². The maximum absolute atomic E-state index is 12.4. The van der Waals surface area contributed by atoms with E-state index in [1.807, 2.05) is 5.57 Å². The van der Waals surface area contributed by atoms with E-state index in [0.717, 1.165) is 37.5 Å². The highest BCUT2D eigenvalue weighted by atomic mass is 16.1. The topological polar surface area (TPSA) is 17.1 Å². The van der Waals surface area contributed by atoms with Crippen molar-refractivity contribution in [1.82, 2.24) is 0 Å². The molecule has 3 fully saturated rings. The molecule has 0 N–H and O–H groups in total. The lowest BCUT2D eigenvalue weighted by Crippen LogP contribution is -2.39. The molecule has 0 aliphatic heterocycles. The summed E-state index contributed by atoms with van der Waals surface area (Å²) in [6.07, 6.45) is 14.2. The fourth-order valence-corrected chi connectivity index (χ4v) is 6.62. The second-order valence-electron chi connectivity index (χ2n) is 8.94. The molecule has 4 aliphatic rings. The van der Waals surface area contributed by atoms with E-state index in [1.165, 1.54) is 44.9 Å². The first kappa shape index (κ1) is 15.0. The minimum atomic E-state index is 0.361. The third kappa shape index (κ3) is 2.22. The van der Waals surface area contributed by atoms with E-state index in [1.54, 1.807) is 5.57 Å². The van der Waals surface area contributed by atoms with Crippen molar-refractivity contribution in [2.75, 3.05) is 0 Å². The van der Waals surface area contributed by atoms with Crippen molar-refractivity contribution in [1.29, 1.82) is 0 Å². The first-order valence-electron chi connectivity index (χ1n) is 9.87. The van der Waals surface area contributed by atoms with Crippen molar-refractivity contribution in [2.45, 2.75) is 84.5 Å². The molecular weight excluding hydrogens is 268 g/mol. The second-order valence-corrected chi connectivity index (χ2v) is 8.94. The number of carbonyl (C=O) groups excluding carboxylic acids is 1. The summed E-state index contributed by atoms with van der Waals surface area (Å²) in [5.74, 6) is 3.43. The van der Waals surface area contributed by atoms with Gasteiger partial charge in [-0.3, -0.25) is 4.79 Å². The Bertz CT molecular complexity index is 502. The first-order chi connectivity index (χ1) is 10.6. The SMILES string of the molecule is CCCC1CC2=C3CC[C@]4(C)CCC[C@H]4[C@@H]3CCC2CC1=O. The maximum Gasteiger partial charge on any atom is 0.136 e. The quantitative estimate of drug-likeness (QED) is 0.599. The van der Waals surface area contributed by atoms with Crippen LogP contribution in [0.5, 0.6) is 0 Å². The number of allylic oxidation sites excluding steroid dienone is 2. The molecule has 0 aromatic rings. The Morgan fingerprint density at radius 3 is 2.77 bits per heavy atom. The predicted octanol–water partition coefficient (Wildman–Crippen LogP) is 5.69. The summed E-state index contributed by atoms with van der Waals surface area (Å²) in [7, 11) is 0. The molecule has 0 amide bonds. The number of hydrogen-bond donors (Lipinski definition) is 0. The Hall–Kier alpha value is -0.590. The van der Waals surface area contributed by atoms with Gasteiger partial charge in [-0.2, -0.15) is 0 Å². The zero-order chi connectivity index (χ0) is 15.3. The van der Waals surface area contributed by atoms with Crippen LogP contribution in [0.1, 0.15) is 84.5 Å². The van der Waals surface area contributed by atoms with E-state index in [4.69, 9.17) is 0 Å². The molecule has 4 rings (SSSR count). The molecule has 0 saturated heterocycles. The minimum absolute atomic E-state index is 0.361. The van der Waals surface area contributed by atoms with Gasteiger partial charge in [0.2, 0.25) is 0 Å². The fourth-order valence-electron chi connectivity index (χ4n) is 6.62. The van der Waals surface area contributed by atoms with Crippen molar-refractivity contribution in [3.8, 4) is 0 Å². The summed E-state index contributed by atoms with van der Waals surface area (Å²) in [4.78, 5) is 12.4. The van der Waals surface area contributed by atoms with Crippen LogP contribution in [-0.2, 0) is 4.79 Å². The normalized spacial score (nSPS) is 44.5. The molecule has 0 aromatic carbocycles. The average Bonchev–Trinajstić information content (AvgIpc) is 2.90. The molecular formula is C21H32O. The lowest BCUT2D eigenvalue weighted by molar-refractivity contribution is -0.125. The zero-order valence-corrected chi connectivity index (χ0v) is 14.5. The van der Waals surface area contributed by atoms with E-state index in [2.05, 4.69) is 13.8 Å². The van der Waals surface area contributed by atoms with Crippen molar-refractivity contribution < 1.29 is 4.79 Å². The third-order valence-corrected chi connectivity index (χ3v) is 7.79. The second kappa shape index (κ2) is 5.49. The standard InChI is InChI=1S/C21H32O/c1-3-5-15-12-18-14(13-20(15)22)7-8-17-16(18)9-11-21(2)10-4-6-19(17)21/h14-15,17,19H,3-13H2,1-2H3/t14?,15?,17-,19+,21+/m1/s1. The minimum Gasteiger partial charge on any atom is -0.299 e. The molecule has 0 heterocycles. The fraction of sp³-hybridized carbons (Fsp3) is 0.857. The first-order valence-corrected chi connectivity index (χ1v) is 9.87. The van der Waals surface area contributed by atoms with Gasteiger partial charge in [0.15, 0.2) is 0 Å². The van der Waals surface area contributed by atoms with Gasteiger partial charge in [-0.25, -0.2) is 0 Å². The summed E-state index contributed by atoms with van der Waals surface area (Å²) in [6, 6.07) is 0.